The summed E-state index contributed by atoms with van der Waals surface area (Å²) in [5, 5.41) is 15.2. The van der Waals surface area contributed by atoms with Crippen LogP contribution in [0.2, 0.25) is 0 Å². The molecule has 0 aliphatic carbocycles. The molecule has 0 radical (unpaired) electrons. The molecular weight excluding hydrogens is 404 g/mol. The van der Waals surface area contributed by atoms with E-state index in [1.165, 1.54) is 5.69 Å². The molecule has 1 fully saturated rings. The van der Waals surface area contributed by atoms with Crippen molar-refractivity contribution in [2.24, 2.45) is 0 Å². The normalized spacial score (nSPS) is 13.7. The van der Waals surface area contributed by atoms with Crippen LogP contribution in [0.25, 0.3) is 5.69 Å². The van der Waals surface area contributed by atoms with Gasteiger partial charge in [-0.15, -0.1) is 0 Å². The van der Waals surface area contributed by atoms with Crippen molar-refractivity contribution >= 4 is 11.4 Å². The number of nitrogens with zero attached hydrogens (tertiary/aromatic N) is 5. The van der Waals surface area contributed by atoms with E-state index < -0.39 is 0 Å². The zero-order valence-corrected chi connectivity index (χ0v) is 17.6. The van der Waals surface area contributed by atoms with E-state index >= 15 is 0 Å². The summed E-state index contributed by atoms with van der Waals surface area (Å²) in [6, 6.07) is 26.4. The lowest BCUT2D eigenvalue weighted by atomic mass is 10.2. The molecule has 162 valence electrons. The molecule has 32 heavy (non-hydrogen) atoms. The fourth-order valence-corrected chi connectivity index (χ4v) is 3.57. The number of rotatable bonds is 7. The predicted octanol–water partition coefficient (Wildman–Crippen LogP) is 3.90. The van der Waals surface area contributed by atoms with Crippen LogP contribution in [0.5, 0.6) is 11.8 Å². The highest BCUT2D eigenvalue weighted by molar-refractivity contribution is 5.55. The van der Waals surface area contributed by atoms with Crippen molar-refractivity contribution in [2.75, 3.05) is 36.5 Å². The lowest BCUT2D eigenvalue weighted by Crippen LogP contribution is -2.36. The number of benzene rings is 3. The van der Waals surface area contributed by atoms with Crippen LogP contribution in [0.15, 0.2) is 78.9 Å². The van der Waals surface area contributed by atoms with Crippen LogP contribution >= 0.6 is 0 Å². The molecule has 2 heterocycles. The number of para-hydroxylation sites is 1. The van der Waals surface area contributed by atoms with Crippen molar-refractivity contribution in [3.05, 3.63) is 84.4 Å². The van der Waals surface area contributed by atoms with Crippen molar-refractivity contribution < 1.29 is 9.47 Å². The minimum atomic E-state index is 0.322. The van der Waals surface area contributed by atoms with E-state index in [4.69, 9.17) is 9.47 Å². The maximum atomic E-state index is 5.89. The van der Waals surface area contributed by atoms with Gasteiger partial charge in [-0.1, -0.05) is 35.4 Å². The van der Waals surface area contributed by atoms with Gasteiger partial charge in [0.1, 0.15) is 5.75 Å². The third-order valence-electron chi connectivity index (χ3n) is 5.31. The maximum Gasteiger partial charge on any atom is 0.345 e. The van der Waals surface area contributed by atoms with Gasteiger partial charge >= 0.3 is 6.01 Å². The summed E-state index contributed by atoms with van der Waals surface area (Å²) in [7, 11) is 0. The molecule has 0 amide bonds. The van der Waals surface area contributed by atoms with Crippen LogP contribution in [0, 0.1) is 0 Å². The van der Waals surface area contributed by atoms with E-state index in [1.807, 2.05) is 54.6 Å². The Kier molecular flexibility index (Phi) is 5.93. The number of morpholine rings is 1. The number of hydrogen-bond donors (Lipinski definition) is 1. The van der Waals surface area contributed by atoms with Crippen molar-refractivity contribution in [1.29, 1.82) is 0 Å². The monoisotopic (exact) mass is 428 g/mol. The van der Waals surface area contributed by atoms with E-state index in [0.29, 0.717) is 11.8 Å². The Labute approximate surface area is 186 Å². The predicted molar refractivity (Wildman–Crippen MR) is 122 cm³/mol. The number of aromatic nitrogens is 4. The van der Waals surface area contributed by atoms with Gasteiger partial charge in [0.15, 0.2) is 0 Å². The van der Waals surface area contributed by atoms with Crippen LogP contribution < -0.4 is 15.0 Å². The van der Waals surface area contributed by atoms with Gasteiger partial charge < -0.3 is 19.7 Å². The highest BCUT2D eigenvalue weighted by Gasteiger charge is 2.11. The van der Waals surface area contributed by atoms with Crippen molar-refractivity contribution in [2.45, 2.75) is 6.54 Å². The number of ether oxygens (including phenoxy) is 2. The molecule has 1 saturated heterocycles. The Balaban J connectivity index is 1.18. The van der Waals surface area contributed by atoms with Gasteiger partial charge in [0.2, 0.25) is 0 Å². The molecule has 0 bridgehead atoms. The summed E-state index contributed by atoms with van der Waals surface area (Å²) >= 11 is 0. The molecule has 0 atom stereocenters. The third kappa shape index (κ3) is 4.70. The summed E-state index contributed by atoms with van der Waals surface area (Å²) in [6.45, 7) is 4.19. The molecule has 1 aliphatic heterocycles. The Hall–Kier alpha value is -3.91. The summed E-state index contributed by atoms with van der Waals surface area (Å²) in [4.78, 5) is 2.35. The van der Waals surface area contributed by atoms with Crippen LogP contribution in [-0.4, -0.2) is 46.5 Å². The first kappa shape index (κ1) is 20.0. The molecule has 1 aliphatic rings. The maximum absolute atomic E-state index is 5.89. The van der Waals surface area contributed by atoms with Crippen LogP contribution in [0.3, 0.4) is 0 Å². The van der Waals surface area contributed by atoms with Crippen LogP contribution in [0.1, 0.15) is 5.56 Å². The first-order valence-electron chi connectivity index (χ1n) is 10.6. The third-order valence-corrected chi connectivity index (χ3v) is 5.31. The van der Waals surface area contributed by atoms with E-state index in [1.54, 1.807) is 4.68 Å². The van der Waals surface area contributed by atoms with E-state index in [-0.39, 0.29) is 0 Å². The lowest BCUT2D eigenvalue weighted by molar-refractivity contribution is 0.122. The molecule has 8 nitrogen and oxygen atoms in total. The second kappa shape index (κ2) is 9.49. The second-order valence-electron chi connectivity index (χ2n) is 7.45. The van der Waals surface area contributed by atoms with Gasteiger partial charge in [-0.2, -0.15) is 4.68 Å². The molecule has 1 N–H and O–H groups in total. The first-order valence-corrected chi connectivity index (χ1v) is 10.6. The molecule has 0 spiro atoms. The second-order valence-corrected chi connectivity index (χ2v) is 7.45. The minimum Gasteiger partial charge on any atom is -0.423 e. The average Bonchev–Trinajstić information content (AvgIpc) is 3.33. The molecule has 3 aromatic carbocycles. The SMILES string of the molecule is c1ccc(-n2nnnc2Oc2ccc(CNc3ccc(N4CCOCC4)cc3)cc2)cc1. The molecule has 0 saturated carbocycles. The quantitative estimate of drug-likeness (QED) is 0.478. The highest BCUT2D eigenvalue weighted by atomic mass is 16.5. The summed E-state index contributed by atoms with van der Waals surface area (Å²) in [5.74, 6) is 0.676. The van der Waals surface area contributed by atoms with Gasteiger partial charge in [0.25, 0.3) is 0 Å². The zero-order chi connectivity index (χ0) is 21.6. The fraction of sp³-hybridized carbons (Fsp3) is 0.208. The summed E-state index contributed by atoms with van der Waals surface area (Å²) in [6.07, 6.45) is 0. The van der Waals surface area contributed by atoms with E-state index in [9.17, 15) is 0 Å². The lowest BCUT2D eigenvalue weighted by Gasteiger charge is -2.28. The zero-order valence-electron chi connectivity index (χ0n) is 17.6. The standard InChI is InChI=1S/C24H24N6O2/c1-2-4-22(5-3-1)30-24(26-27-28-30)32-23-12-6-19(7-13-23)18-25-20-8-10-21(11-9-20)29-14-16-31-17-15-29/h1-13,25H,14-18H2. The van der Waals surface area contributed by atoms with Gasteiger partial charge in [-0.3, -0.25) is 0 Å². The molecule has 1 aromatic heterocycles. The van der Waals surface area contributed by atoms with Crippen LogP contribution in [0.4, 0.5) is 11.4 Å². The summed E-state index contributed by atoms with van der Waals surface area (Å²) < 4.78 is 12.9. The minimum absolute atomic E-state index is 0.322. The van der Waals surface area contributed by atoms with Gasteiger partial charge in [0, 0.05) is 31.0 Å². The van der Waals surface area contributed by atoms with Crippen molar-refractivity contribution in [3.63, 3.8) is 0 Å². The van der Waals surface area contributed by atoms with Crippen molar-refractivity contribution in [3.8, 4) is 17.4 Å². The number of nitrogens with one attached hydrogen (secondary N) is 1. The number of tetrazole rings is 1. The number of anilines is 2. The average molecular weight is 428 g/mol. The van der Waals surface area contributed by atoms with E-state index in [0.717, 1.165) is 49.8 Å². The largest absolute Gasteiger partial charge is 0.423 e. The fourth-order valence-electron chi connectivity index (χ4n) is 3.57. The molecular formula is C24H24N6O2. The smallest absolute Gasteiger partial charge is 0.345 e. The Morgan fingerprint density at radius 1 is 0.844 bits per heavy atom. The molecule has 4 aromatic rings. The molecule has 0 unspecified atom stereocenters. The Morgan fingerprint density at radius 3 is 2.34 bits per heavy atom. The van der Waals surface area contributed by atoms with Crippen LogP contribution in [-0.2, 0) is 11.3 Å². The summed E-state index contributed by atoms with van der Waals surface area (Å²) in [5.41, 5.74) is 4.31. The van der Waals surface area contributed by atoms with Crippen molar-refractivity contribution in [1.82, 2.24) is 20.2 Å². The highest BCUT2D eigenvalue weighted by Crippen LogP contribution is 2.23. The Bertz CT molecular complexity index is 1120. The van der Waals surface area contributed by atoms with Gasteiger partial charge in [-0.25, -0.2) is 0 Å². The number of hydrogen-bond acceptors (Lipinski definition) is 7. The van der Waals surface area contributed by atoms with Gasteiger partial charge in [-0.05, 0) is 64.5 Å². The molecule has 8 heteroatoms. The molecule has 5 rings (SSSR count). The topological polar surface area (TPSA) is 77.3 Å². The first-order chi connectivity index (χ1) is 15.8. The Morgan fingerprint density at radius 2 is 1.59 bits per heavy atom. The van der Waals surface area contributed by atoms with E-state index in [2.05, 4.69) is 50.0 Å². The van der Waals surface area contributed by atoms with Gasteiger partial charge in [0.05, 0.1) is 18.9 Å².